The van der Waals surface area contributed by atoms with Gasteiger partial charge in [0.15, 0.2) is 11.4 Å². The van der Waals surface area contributed by atoms with Crippen molar-refractivity contribution in [3.05, 3.63) is 35.8 Å². The van der Waals surface area contributed by atoms with Crippen LogP contribution in [0.2, 0.25) is 0 Å². The van der Waals surface area contributed by atoms with Crippen LogP contribution in [0, 0.1) is 5.82 Å². The second-order valence-corrected chi connectivity index (χ2v) is 4.74. The van der Waals surface area contributed by atoms with Crippen LogP contribution in [0.15, 0.2) is 28.7 Å². The van der Waals surface area contributed by atoms with Gasteiger partial charge in [0.05, 0.1) is 6.04 Å². The highest BCUT2D eigenvalue weighted by atomic mass is 19.1. The summed E-state index contributed by atoms with van der Waals surface area (Å²) in [7, 11) is 5.96. The molecule has 0 radical (unpaired) electrons. The fraction of sp³-hybridized carbons (Fsp3) is 0.429. The normalized spacial score (nSPS) is 13.4. The highest BCUT2D eigenvalue weighted by molar-refractivity contribution is 5.78. The Morgan fingerprint density at radius 1 is 1.39 bits per heavy atom. The number of furan rings is 1. The fourth-order valence-corrected chi connectivity index (χ4v) is 2.04. The predicted octanol–water partition coefficient (Wildman–Crippen LogP) is 2.78. The molecule has 1 aromatic carbocycles. The molecule has 0 amide bonds. The SMILES string of the molecule is CNC(CCN(C)C)c1cc2cccc(F)c2o1. The quantitative estimate of drug-likeness (QED) is 0.884. The zero-order valence-electron chi connectivity index (χ0n) is 11.0. The Labute approximate surface area is 107 Å². The molecule has 0 bridgehead atoms. The van der Waals surface area contributed by atoms with Crippen LogP contribution in [0.5, 0.6) is 0 Å². The van der Waals surface area contributed by atoms with Crippen molar-refractivity contribution in [3.63, 3.8) is 0 Å². The Morgan fingerprint density at radius 2 is 2.17 bits per heavy atom. The van der Waals surface area contributed by atoms with Crippen molar-refractivity contribution in [1.29, 1.82) is 0 Å². The number of rotatable bonds is 5. The van der Waals surface area contributed by atoms with Crippen LogP contribution in [0.1, 0.15) is 18.2 Å². The van der Waals surface area contributed by atoms with E-state index in [2.05, 4.69) is 10.2 Å². The van der Waals surface area contributed by atoms with Gasteiger partial charge in [0.1, 0.15) is 5.76 Å². The third kappa shape index (κ3) is 2.71. The monoisotopic (exact) mass is 250 g/mol. The largest absolute Gasteiger partial charge is 0.456 e. The molecule has 3 nitrogen and oxygen atoms in total. The van der Waals surface area contributed by atoms with E-state index in [0.29, 0.717) is 5.58 Å². The van der Waals surface area contributed by atoms with Gasteiger partial charge < -0.3 is 14.6 Å². The Kier molecular flexibility index (Phi) is 3.99. The minimum absolute atomic E-state index is 0.110. The van der Waals surface area contributed by atoms with E-state index in [9.17, 15) is 4.39 Å². The van der Waals surface area contributed by atoms with Gasteiger partial charge in [-0.05, 0) is 46.2 Å². The molecule has 1 unspecified atom stereocenters. The van der Waals surface area contributed by atoms with Gasteiger partial charge in [-0.25, -0.2) is 4.39 Å². The van der Waals surface area contributed by atoms with Crippen LogP contribution in [0.25, 0.3) is 11.0 Å². The van der Waals surface area contributed by atoms with Crippen molar-refractivity contribution >= 4 is 11.0 Å². The van der Waals surface area contributed by atoms with E-state index in [1.54, 1.807) is 6.07 Å². The van der Waals surface area contributed by atoms with Crippen LogP contribution in [-0.4, -0.2) is 32.6 Å². The Bertz CT molecular complexity index is 521. The first-order chi connectivity index (χ1) is 8.61. The third-order valence-corrected chi connectivity index (χ3v) is 3.07. The van der Waals surface area contributed by atoms with Crippen LogP contribution < -0.4 is 5.32 Å². The van der Waals surface area contributed by atoms with Gasteiger partial charge >= 0.3 is 0 Å². The topological polar surface area (TPSA) is 28.4 Å². The van der Waals surface area contributed by atoms with Crippen molar-refractivity contribution in [2.45, 2.75) is 12.5 Å². The zero-order valence-corrected chi connectivity index (χ0v) is 11.0. The van der Waals surface area contributed by atoms with Crippen molar-refractivity contribution in [2.24, 2.45) is 0 Å². The van der Waals surface area contributed by atoms with Gasteiger partial charge in [-0.15, -0.1) is 0 Å². The number of nitrogens with one attached hydrogen (secondary N) is 1. The minimum atomic E-state index is -0.304. The number of hydrogen-bond acceptors (Lipinski definition) is 3. The van der Waals surface area contributed by atoms with Crippen LogP contribution in [-0.2, 0) is 0 Å². The molecule has 18 heavy (non-hydrogen) atoms. The molecule has 98 valence electrons. The van der Waals surface area contributed by atoms with E-state index in [1.165, 1.54) is 6.07 Å². The van der Waals surface area contributed by atoms with Gasteiger partial charge in [0.25, 0.3) is 0 Å². The molecule has 0 aliphatic rings. The summed E-state index contributed by atoms with van der Waals surface area (Å²) in [5.41, 5.74) is 0.345. The molecule has 1 heterocycles. The summed E-state index contributed by atoms with van der Waals surface area (Å²) >= 11 is 0. The molecule has 2 rings (SSSR count). The first-order valence-electron chi connectivity index (χ1n) is 6.11. The summed E-state index contributed by atoms with van der Waals surface area (Å²) in [6.45, 7) is 0.949. The maximum Gasteiger partial charge on any atom is 0.169 e. The van der Waals surface area contributed by atoms with Crippen molar-refractivity contribution in [3.8, 4) is 0 Å². The number of para-hydroxylation sites is 1. The highest BCUT2D eigenvalue weighted by Gasteiger charge is 2.16. The maximum absolute atomic E-state index is 13.6. The highest BCUT2D eigenvalue weighted by Crippen LogP contribution is 2.27. The average Bonchev–Trinajstić information content (AvgIpc) is 2.75. The number of hydrogen-bond donors (Lipinski definition) is 1. The standard InChI is InChI=1S/C14H19FN2O/c1-16-12(7-8-17(2)3)13-9-10-5-4-6-11(15)14(10)18-13/h4-6,9,12,16H,7-8H2,1-3H3. The second-order valence-electron chi connectivity index (χ2n) is 4.74. The molecule has 1 N–H and O–H groups in total. The van der Waals surface area contributed by atoms with E-state index in [4.69, 9.17) is 4.42 Å². The lowest BCUT2D eigenvalue weighted by Gasteiger charge is -2.16. The van der Waals surface area contributed by atoms with Gasteiger partial charge in [-0.1, -0.05) is 12.1 Å². The summed E-state index contributed by atoms with van der Waals surface area (Å²) < 4.78 is 19.2. The summed E-state index contributed by atoms with van der Waals surface area (Å²) in [5.74, 6) is 0.487. The smallest absolute Gasteiger partial charge is 0.169 e. The molecular weight excluding hydrogens is 231 g/mol. The van der Waals surface area contributed by atoms with Crippen LogP contribution >= 0.6 is 0 Å². The molecule has 2 aromatic rings. The Hall–Kier alpha value is -1.39. The number of halogens is 1. The molecule has 1 aromatic heterocycles. The number of benzene rings is 1. The molecule has 0 saturated carbocycles. The molecule has 0 spiro atoms. The molecule has 0 fully saturated rings. The first kappa shape index (κ1) is 13.1. The molecular formula is C14H19FN2O. The maximum atomic E-state index is 13.6. The first-order valence-corrected chi connectivity index (χ1v) is 6.11. The van der Waals surface area contributed by atoms with Gasteiger partial charge in [0, 0.05) is 5.39 Å². The summed E-state index contributed by atoms with van der Waals surface area (Å²) in [4.78, 5) is 2.12. The second kappa shape index (κ2) is 5.50. The molecule has 1 atom stereocenters. The van der Waals surface area contributed by atoms with Crippen molar-refractivity contribution in [2.75, 3.05) is 27.7 Å². The Balaban J connectivity index is 2.25. The summed E-state index contributed by atoms with van der Waals surface area (Å²) in [6.07, 6.45) is 0.922. The lowest BCUT2D eigenvalue weighted by atomic mass is 10.1. The molecule has 0 aliphatic carbocycles. The molecule has 0 aliphatic heterocycles. The van der Waals surface area contributed by atoms with E-state index in [-0.39, 0.29) is 11.9 Å². The fourth-order valence-electron chi connectivity index (χ4n) is 2.04. The number of nitrogens with zero attached hydrogens (tertiary/aromatic N) is 1. The summed E-state index contributed by atoms with van der Waals surface area (Å²) in [5, 5.41) is 4.03. The van der Waals surface area contributed by atoms with Crippen molar-refractivity contribution in [1.82, 2.24) is 10.2 Å². The lowest BCUT2D eigenvalue weighted by Crippen LogP contribution is -2.22. The molecule has 4 heteroatoms. The average molecular weight is 250 g/mol. The van der Waals surface area contributed by atoms with E-state index >= 15 is 0 Å². The number of fused-ring (bicyclic) bond motifs is 1. The molecule has 0 saturated heterocycles. The van der Waals surface area contributed by atoms with Crippen molar-refractivity contribution < 1.29 is 8.81 Å². The predicted molar refractivity (Wildman–Crippen MR) is 71.1 cm³/mol. The minimum Gasteiger partial charge on any atom is -0.456 e. The summed E-state index contributed by atoms with van der Waals surface area (Å²) in [6, 6.07) is 7.01. The van der Waals surface area contributed by atoms with E-state index in [1.807, 2.05) is 33.3 Å². The van der Waals surface area contributed by atoms with E-state index < -0.39 is 0 Å². The lowest BCUT2D eigenvalue weighted by molar-refractivity contribution is 0.345. The van der Waals surface area contributed by atoms with Crippen LogP contribution in [0.4, 0.5) is 4.39 Å². The van der Waals surface area contributed by atoms with Gasteiger partial charge in [-0.2, -0.15) is 0 Å². The Morgan fingerprint density at radius 3 is 2.78 bits per heavy atom. The van der Waals surface area contributed by atoms with E-state index in [0.717, 1.165) is 24.1 Å². The van der Waals surface area contributed by atoms with Gasteiger partial charge in [0.2, 0.25) is 0 Å². The third-order valence-electron chi connectivity index (χ3n) is 3.07. The van der Waals surface area contributed by atoms with Crippen LogP contribution in [0.3, 0.4) is 0 Å². The zero-order chi connectivity index (χ0) is 13.1. The van der Waals surface area contributed by atoms with Gasteiger partial charge in [-0.3, -0.25) is 0 Å².